The maximum Gasteiger partial charge on any atom is 0.162 e. The first-order valence-electron chi connectivity index (χ1n) is 6.84. The molecule has 0 spiro atoms. The minimum Gasteiger partial charge on any atom is -0.465 e. The van der Waals surface area contributed by atoms with E-state index in [4.69, 9.17) is 4.42 Å². The molecule has 1 N–H and O–H groups in total. The predicted octanol–water partition coefficient (Wildman–Crippen LogP) is 4.15. The van der Waals surface area contributed by atoms with Crippen molar-refractivity contribution in [1.82, 2.24) is 5.32 Å². The maximum absolute atomic E-state index is 13.8. The van der Waals surface area contributed by atoms with Crippen LogP contribution in [0.4, 0.5) is 8.78 Å². The van der Waals surface area contributed by atoms with Gasteiger partial charge in [0.25, 0.3) is 0 Å². The third kappa shape index (κ3) is 3.45. The van der Waals surface area contributed by atoms with Crippen molar-refractivity contribution in [3.8, 4) is 0 Å². The first-order valence-corrected chi connectivity index (χ1v) is 6.84. The lowest BCUT2D eigenvalue weighted by atomic mass is 10.0. The number of aryl methyl sites for hydroxylation is 1. The smallest absolute Gasteiger partial charge is 0.162 e. The monoisotopic (exact) mass is 279 g/mol. The van der Waals surface area contributed by atoms with Crippen molar-refractivity contribution >= 4 is 0 Å². The van der Waals surface area contributed by atoms with E-state index in [9.17, 15) is 8.78 Å². The molecule has 0 aliphatic heterocycles. The van der Waals surface area contributed by atoms with Crippen LogP contribution in [-0.2, 0) is 6.42 Å². The molecule has 0 bridgehead atoms. The quantitative estimate of drug-likeness (QED) is 0.859. The summed E-state index contributed by atoms with van der Waals surface area (Å²) in [6, 6.07) is 7.86. The summed E-state index contributed by atoms with van der Waals surface area (Å²) >= 11 is 0. The first-order chi connectivity index (χ1) is 9.61. The van der Waals surface area contributed by atoms with E-state index in [1.807, 2.05) is 19.1 Å². The summed E-state index contributed by atoms with van der Waals surface area (Å²) in [7, 11) is 0. The van der Waals surface area contributed by atoms with E-state index in [1.54, 1.807) is 6.07 Å². The van der Waals surface area contributed by atoms with E-state index in [-0.39, 0.29) is 6.04 Å². The molecule has 0 saturated heterocycles. The van der Waals surface area contributed by atoms with E-state index in [1.165, 1.54) is 6.07 Å². The molecule has 1 heterocycles. The van der Waals surface area contributed by atoms with Crippen molar-refractivity contribution < 1.29 is 13.2 Å². The molecule has 0 aliphatic carbocycles. The van der Waals surface area contributed by atoms with Gasteiger partial charge in [0.15, 0.2) is 11.6 Å². The summed E-state index contributed by atoms with van der Waals surface area (Å²) in [5, 5.41) is 3.31. The Balaban J connectivity index is 2.21. The highest BCUT2D eigenvalue weighted by molar-refractivity contribution is 5.22. The second kappa shape index (κ2) is 6.66. The van der Waals surface area contributed by atoms with Crippen molar-refractivity contribution in [3.63, 3.8) is 0 Å². The van der Waals surface area contributed by atoms with Crippen LogP contribution >= 0.6 is 0 Å². The van der Waals surface area contributed by atoms with Gasteiger partial charge in [0.1, 0.15) is 11.5 Å². The molecule has 0 fully saturated rings. The largest absolute Gasteiger partial charge is 0.465 e. The Morgan fingerprint density at radius 1 is 1.20 bits per heavy atom. The normalized spacial score (nSPS) is 12.6. The van der Waals surface area contributed by atoms with E-state index < -0.39 is 11.6 Å². The molecule has 2 rings (SSSR count). The van der Waals surface area contributed by atoms with Gasteiger partial charge in [-0.1, -0.05) is 19.1 Å². The highest BCUT2D eigenvalue weighted by Gasteiger charge is 2.18. The maximum atomic E-state index is 13.8. The highest BCUT2D eigenvalue weighted by Crippen LogP contribution is 2.23. The molecule has 1 aromatic heterocycles. The molecule has 0 amide bonds. The zero-order valence-corrected chi connectivity index (χ0v) is 11.7. The number of nitrogens with one attached hydrogen (secondary N) is 1. The number of furan rings is 1. The van der Waals surface area contributed by atoms with Gasteiger partial charge in [-0.2, -0.15) is 0 Å². The first kappa shape index (κ1) is 14.7. The van der Waals surface area contributed by atoms with Crippen LogP contribution in [0.1, 0.15) is 36.5 Å². The molecular formula is C16H19F2NO. The lowest BCUT2D eigenvalue weighted by molar-refractivity contribution is 0.392. The van der Waals surface area contributed by atoms with Gasteiger partial charge in [0.05, 0.1) is 6.04 Å². The summed E-state index contributed by atoms with van der Waals surface area (Å²) in [6.07, 6.45) is 1.32. The number of halogens is 2. The fourth-order valence-corrected chi connectivity index (χ4v) is 2.16. The Bertz CT molecular complexity index is 565. The Morgan fingerprint density at radius 3 is 2.65 bits per heavy atom. The van der Waals surface area contributed by atoms with Crippen LogP contribution in [0.2, 0.25) is 0 Å². The Labute approximate surface area is 117 Å². The summed E-state index contributed by atoms with van der Waals surface area (Å²) in [5.74, 6) is -0.0333. The summed E-state index contributed by atoms with van der Waals surface area (Å²) in [4.78, 5) is 0. The Morgan fingerprint density at radius 2 is 2.00 bits per heavy atom. The molecule has 20 heavy (non-hydrogen) atoms. The minimum absolute atomic E-state index is 0.153. The van der Waals surface area contributed by atoms with Crippen molar-refractivity contribution in [3.05, 3.63) is 59.1 Å². The van der Waals surface area contributed by atoms with Crippen LogP contribution in [-0.4, -0.2) is 6.54 Å². The van der Waals surface area contributed by atoms with Crippen LogP contribution < -0.4 is 5.32 Å². The Hall–Kier alpha value is -1.68. The van der Waals surface area contributed by atoms with Gasteiger partial charge < -0.3 is 9.73 Å². The van der Waals surface area contributed by atoms with Crippen molar-refractivity contribution in [2.75, 3.05) is 6.54 Å². The highest BCUT2D eigenvalue weighted by atomic mass is 19.2. The zero-order valence-electron chi connectivity index (χ0n) is 11.7. The van der Waals surface area contributed by atoms with Gasteiger partial charge in [-0.3, -0.25) is 0 Å². The Kier molecular flexibility index (Phi) is 4.90. The van der Waals surface area contributed by atoms with Crippen LogP contribution in [0.3, 0.4) is 0 Å². The average Bonchev–Trinajstić information content (AvgIpc) is 2.86. The lowest BCUT2D eigenvalue weighted by Gasteiger charge is -2.17. The van der Waals surface area contributed by atoms with Crippen molar-refractivity contribution in [2.24, 2.45) is 0 Å². The lowest BCUT2D eigenvalue weighted by Crippen LogP contribution is -2.24. The van der Waals surface area contributed by atoms with E-state index in [0.29, 0.717) is 12.0 Å². The SMILES string of the molecule is CCCNC(Cc1cccc(F)c1F)c1ccc(C)o1. The van der Waals surface area contributed by atoms with Gasteiger partial charge in [0, 0.05) is 0 Å². The molecule has 2 nitrogen and oxygen atoms in total. The predicted molar refractivity (Wildman–Crippen MR) is 74.5 cm³/mol. The molecule has 1 atom stereocenters. The van der Waals surface area contributed by atoms with E-state index >= 15 is 0 Å². The molecule has 4 heteroatoms. The molecule has 1 unspecified atom stereocenters. The third-order valence-corrected chi connectivity index (χ3v) is 3.20. The number of rotatable bonds is 6. The summed E-state index contributed by atoms with van der Waals surface area (Å²) < 4.78 is 32.6. The molecule has 0 saturated carbocycles. The molecule has 108 valence electrons. The standard InChI is InChI=1S/C16H19F2NO/c1-3-9-19-14(15-8-7-11(2)20-15)10-12-5-4-6-13(17)16(12)18/h4-8,14,19H,3,9-10H2,1-2H3. The number of hydrogen-bond acceptors (Lipinski definition) is 2. The van der Waals surface area contributed by atoms with E-state index in [2.05, 4.69) is 12.2 Å². The van der Waals surface area contributed by atoms with E-state index in [0.717, 1.165) is 30.6 Å². The van der Waals surface area contributed by atoms with Crippen molar-refractivity contribution in [1.29, 1.82) is 0 Å². The molecular weight excluding hydrogens is 260 g/mol. The summed E-state index contributed by atoms with van der Waals surface area (Å²) in [6.45, 7) is 4.71. The minimum atomic E-state index is -0.813. The summed E-state index contributed by atoms with van der Waals surface area (Å²) in [5.41, 5.74) is 0.354. The number of hydrogen-bond donors (Lipinski definition) is 1. The second-order valence-corrected chi connectivity index (χ2v) is 4.87. The number of benzene rings is 1. The molecule has 1 aromatic carbocycles. The van der Waals surface area contributed by atoms with Gasteiger partial charge in [-0.15, -0.1) is 0 Å². The third-order valence-electron chi connectivity index (χ3n) is 3.20. The van der Waals surface area contributed by atoms with Gasteiger partial charge in [-0.25, -0.2) is 8.78 Å². The molecule has 0 aliphatic rings. The zero-order chi connectivity index (χ0) is 14.5. The fourth-order valence-electron chi connectivity index (χ4n) is 2.16. The fraction of sp³-hybridized carbons (Fsp3) is 0.375. The van der Waals surface area contributed by atoms with Gasteiger partial charge in [0.2, 0.25) is 0 Å². The average molecular weight is 279 g/mol. The second-order valence-electron chi connectivity index (χ2n) is 4.87. The van der Waals surface area contributed by atoms with Crippen LogP contribution in [0.15, 0.2) is 34.7 Å². The van der Waals surface area contributed by atoms with Crippen LogP contribution in [0.25, 0.3) is 0 Å². The van der Waals surface area contributed by atoms with Gasteiger partial charge in [-0.05, 0) is 50.1 Å². The molecule has 0 radical (unpaired) electrons. The van der Waals surface area contributed by atoms with Crippen LogP contribution in [0.5, 0.6) is 0 Å². The van der Waals surface area contributed by atoms with Crippen LogP contribution in [0, 0.1) is 18.6 Å². The van der Waals surface area contributed by atoms with Crippen molar-refractivity contribution in [2.45, 2.75) is 32.7 Å². The molecule has 2 aromatic rings. The van der Waals surface area contributed by atoms with Gasteiger partial charge >= 0.3 is 0 Å². The topological polar surface area (TPSA) is 25.2 Å².